The molecule has 7 aromatic heterocycles. The molecule has 0 saturated carbocycles. The molecule has 0 radical (unpaired) electrons. The first-order valence-electron chi connectivity index (χ1n) is 40.7. The lowest BCUT2D eigenvalue weighted by atomic mass is 10.0. The topological polar surface area (TPSA) is 63.2 Å². The number of hydrogen-bond acceptors (Lipinski definition) is 11. The van der Waals surface area contributed by atoms with Gasteiger partial charge in [0, 0.05) is 50.4 Å². The second kappa shape index (κ2) is 38.0. The van der Waals surface area contributed by atoms with Crippen molar-refractivity contribution in [2.45, 2.75) is 339 Å². The van der Waals surface area contributed by atoms with Crippen molar-refractivity contribution in [3.05, 3.63) is 56.5 Å². The Labute approximate surface area is 631 Å². The summed E-state index contributed by atoms with van der Waals surface area (Å²) in [5.74, 6) is 2.60. The molecule has 99 heavy (non-hydrogen) atoms. The number of carbonyl (C=O) groups is 2. The first-order chi connectivity index (χ1) is 48.2. The minimum Gasteiger partial charge on any atom is -0.274 e. The zero-order valence-electron chi connectivity index (χ0n) is 63.9. The van der Waals surface area contributed by atoms with Crippen LogP contribution in [0.15, 0.2) is 24.3 Å². The highest BCUT2D eigenvalue weighted by Crippen LogP contribution is 2.56. The zero-order chi connectivity index (χ0) is 70.2. The van der Waals surface area contributed by atoms with Gasteiger partial charge >= 0.3 is 0 Å². The van der Waals surface area contributed by atoms with Gasteiger partial charge in [-0.05, 0) is 133 Å². The van der Waals surface area contributed by atoms with Gasteiger partial charge in [0.05, 0.1) is 37.1 Å². The lowest BCUT2D eigenvalue weighted by Crippen LogP contribution is -2.56. The molecule has 5 unspecified atom stereocenters. The second-order valence-corrected chi connectivity index (χ2v) is 46.7. The number of nitrogens with zero attached hydrogens (tertiary/aromatic N) is 3. The largest absolute Gasteiger partial charge is 0.274 e. The molecule has 5 nitrogen and oxygen atoms in total. The Bertz CT molecular complexity index is 3660. The standard InChI is InChI=1S/C85H127N3O2S7Si2/c1-14-24-30-32-34-35-36-37-38-39-42-48-65-75(97-83(87-65)82-86-59(12)60(13)92-82)66-51-70-80(93-66)81-72(99(70,56-63(22-9)46-29-19-6)57-64(23-10)47-41-26-16-3)53-68(95-81)77-74-73(84(89)88(85(74)90)49-43-40-33-31-25-15-2)76(96-77)67-52-71-79(94-67)78-69(50-58(11)91-78)98(71,54-61(20-7)44-27-17-4)55-62(21-8)45-28-18-5/h50-53,61-64H,14-49,54-57H2,1-13H3. The normalized spacial score (nSPS) is 17.5. The number of unbranched alkanes of at least 4 members (excludes halogenated alkanes) is 20. The van der Waals surface area contributed by atoms with Crippen molar-refractivity contribution in [3.8, 4) is 58.8 Å². The molecule has 7 aromatic rings. The highest BCUT2D eigenvalue weighted by atomic mass is 32.1. The molecule has 0 saturated heterocycles. The molecule has 0 aromatic carbocycles. The number of amides is 2. The van der Waals surface area contributed by atoms with Crippen LogP contribution in [-0.4, -0.2) is 49.4 Å². The predicted octanol–water partition coefficient (Wildman–Crippen LogP) is 27.7. The fourth-order valence-electron chi connectivity index (χ4n) is 17.5. The van der Waals surface area contributed by atoms with E-state index in [1.165, 1.54) is 278 Å². The highest BCUT2D eigenvalue weighted by molar-refractivity contribution is 7.35. The van der Waals surface area contributed by atoms with Crippen LogP contribution in [0.25, 0.3) is 58.8 Å². The lowest BCUT2D eigenvalue weighted by molar-refractivity contribution is 0.0651. The fourth-order valence-corrected chi connectivity index (χ4v) is 41.9. The third kappa shape index (κ3) is 17.9. The summed E-state index contributed by atoms with van der Waals surface area (Å²) >= 11 is 13.7. The highest BCUT2D eigenvalue weighted by Gasteiger charge is 2.53. The first kappa shape index (κ1) is 78.9. The van der Waals surface area contributed by atoms with Crippen molar-refractivity contribution >= 4 is 128 Å². The van der Waals surface area contributed by atoms with Crippen molar-refractivity contribution in [3.63, 3.8) is 0 Å². The molecule has 5 atom stereocenters. The number of carbonyl (C=O) groups excluding carboxylic acids is 2. The Morgan fingerprint density at radius 2 is 0.727 bits per heavy atom. The summed E-state index contributed by atoms with van der Waals surface area (Å²) in [6, 6.07) is 16.0. The monoisotopic (exact) mass is 1500 g/mol. The molecule has 0 fully saturated rings. The summed E-state index contributed by atoms with van der Waals surface area (Å²) in [4.78, 5) is 60.3. The van der Waals surface area contributed by atoms with Gasteiger partial charge < -0.3 is 0 Å². The van der Waals surface area contributed by atoms with Crippen LogP contribution in [0, 0.1) is 44.4 Å². The molecule has 10 rings (SSSR count). The summed E-state index contributed by atoms with van der Waals surface area (Å²) in [5.41, 5.74) is 3.82. The predicted molar refractivity (Wildman–Crippen MR) is 450 cm³/mol. The summed E-state index contributed by atoms with van der Waals surface area (Å²) in [7, 11) is -4.82. The van der Waals surface area contributed by atoms with Crippen molar-refractivity contribution < 1.29 is 9.59 Å². The Balaban J connectivity index is 1.13. The SMILES string of the molecule is CCCCCCCCCCCCCc1nc(-c2nc(C)c(C)s2)sc1-c1cc2c(s1)-c1sc(-c3sc(-c4cc5c(s4)-c4sc(C)cc4[Si]5(CC(CC)CCCC)CC(CC)CCCC)c4c3C(=O)N(CCCCCCCC)C4=O)cc1[Si]2(CC(CC)CCCC)CC(CC)CCCCC. The molecular formula is C85H127N3O2S7Si2. The molecule has 10 heterocycles. The molecule has 3 aliphatic rings. The average molecular weight is 1500 g/mol. The number of fused-ring (bicyclic) bond motifs is 7. The summed E-state index contributed by atoms with van der Waals surface area (Å²) in [6.45, 7) is 31.2. The number of rotatable bonds is 48. The van der Waals surface area contributed by atoms with Crippen LogP contribution < -0.4 is 20.7 Å². The number of aryl methyl sites for hydroxylation is 4. The van der Waals surface area contributed by atoms with E-state index in [4.69, 9.17) is 9.97 Å². The van der Waals surface area contributed by atoms with Gasteiger partial charge in [0.25, 0.3) is 11.8 Å². The molecule has 0 bridgehead atoms. The number of imide groups is 1. The third-order valence-electron chi connectivity index (χ3n) is 23.7. The van der Waals surface area contributed by atoms with Crippen LogP contribution in [0.5, 0.6) is 0 Å². The number of thiazole rings is 2. The van der Waals surface area contributed by atoms with E-state index in [2.05, 4.69) is 126 Å². The van der Waals surface area contributed by atoms with E-state index in [9.17, 15) is 0 Å². The van der Waals surface area contributed by atoms with Gasteiger partial charge in [-0.1, -0.05) is 275 Å². The van der Waals surface area contributed by atoms with E-state index in [0.717, 1.165) is 51.1 Å². The van der Waals surface area contributed by atoms with E-state index in [-0.39, 0.29) is 11.8 Å². The summed E-state index contributed by atoms with van der Waals surface area (Å²) < 4.78 is 0. The smallest absolute Gasteiger partial charge is 0.263 e. The van der Waals surface area contributed by atoms with Crippen LogP contribution in [0.4, 0.5) is 0 Å². The molecule has 0 aliphatic carbocycles. The summed E-state index contributed by atoms with van der Waals surface area (Å²) in [6.07, 6.45) is 43.9. The molecule has 3 aliphatic heterocycles. The number of hydrogen-bond donors (Lipinski definition) is 0. The first-order valence-corrected chi connectivity index (χ1v) is 51.3. The Hall–Kier alpha value is -2.67. The van der Waals surface area contributed by atoms with E-state index in [1.54, 1.807) is 25.6 Å². The van der Waals surface area contributed by atoms with Gasteiger partial charge in [0.2, 0.25) is 0 Å². The maximum atomic E-state index is 15.8. The van der Waals surface area contributed by atoms with Crippen molar-refractivity contribution in [1.82, 2.24) is 14.9 Å². The Morgan fingerprint density at radius 1 is 0.364 bits per heavy atom. The Morgan fingerprint density at radius 3 is 1.14 bits per heavy atom. The molecule has 0 N–H and O–H groups in total. The fraction of sp³-hybridized carbons (Fsp3) is 0.671. The van der Waals surface area contributed by atoms with Gasteiger partial charge in [-0.15, -0.1) is 79.4 Å². The summed E-state index contributed by atoms with van der Waals surface area (Å²) in [5, 5.41) is 8.90. The van der Waals surface area contributed by atoms with Gasteiger partial charge in [0.15, 0.2) is 10.0 Å². The van der Waals surface area contributed by atoms with E-state index < -0.39 is 16.1 Å². The van der Waals surface area contributed by atoms with Crippen molar-refractivity contribution in [2.24, 2.45) is 23.7 Å². The van der Waals surface area contributed by atoms with Crippen molar-refractivity contribution in [2.75, 3.05) is 6.54 Å². The van der Waals surface area contributed by atoms with Crippen LogP contribution >= 0.6 is 79.4 Å². The van der Waals surface area contributed by atoms with E-state index >= 15 is 9.59 Å². The van der Waals surface area contributed by atoms with Crippen molar-refractivity contribution in [1.29, 1.82) is 0 Å². The van der Waals surface area contributed by atoms with Gasteiger partial charge in [0.1, 0.15) is 16.1 Å². The van der Waals surface area contributed by atoms with E-state index in [0.29, 0.717) is 41.3 Å². The van der Waals surface area contributed by atoms with Crippen LogP contribution in [-0.2, 0) is 6.42 Å². The van der Waals surface area contributed by atoms with E-state index in [1.807, 2.05) is 68.0 Å². The lowest BCUT2D eigenvalue weighted by Gasteiger charge is -2.35. The molecule has 544 valence electrons. The molecule has 0 spiro atoms. The molecule has 2 amide bonds. The Kier molecular flexibility index (Phi) is 30.3. The number of thiophene rings is 5. The maximum absolute atomic E-state index is 15.8. The molecule has 14 heteroatoms. The van der Waals surface area contributed by atoms with Crippen LogP contribution in [0.1, 0.15) is 329 Å². The minimum atomic E-state index is -2.53. The average Bonchev–Trinajstić information content (AvgIpc) is 1.54. The minimum absolute atomic E-state index is 0.0458. The van der Waals surface area contributed by atoms with Crippen LogP contribution in [0.3, 0.4) is 0 Å². The van der Waals surface area contributed by atoms with Gasteiger partial charge in [-0.3, -0.25) is 14.5 Å². The third-order valence-corrected chi connectivity index (χ3v) is 44.0. The number of aromatic nitrogens is 2. The quantitative estimate of drug-likeness (QED) is 0.0217. The second-order valence-electron chi connectivity index (χ2n) is 30.9. The van der Waals surface area contributed by atoms with Gasteiger partial charge in [-0.25, -0.2) is 9.97 Å². The molecular weight excluding hydrogens is 1380 g/mol. The maximum Gasteiger partial charge on any atom is 0.263 e. The van der Waals surface area contributed by atoms with Crippen LogP contribution in [0.2, 0.25) is 24.2 Å². The van der Waals surface area contributed by atoms with Gasteiger partial charge in [-0.2, -0.15) is 0 Å². The zero-order valence-corrected chi connectivity index (χ0v) is 71.6.